The summed E-state index contributed by atoms with van der Waals surface area (Å²) >= 11 is -2.10. The Balaban J connectivity index is 2.41. The summed E-state index contributed by atoms with van der Waals surface area (Å²) < 4.78 is 25.0. The topological polar surface area (TPSA) is 174 Å². The van der Waals surface area contributed by atoms with Gasteiger partial charge in [-0.2, -0.15) is 0 Å². The van der Waals surface area contributed by atoms with E-state index in [4.69, 9.17) is 26.0 Å². The number of hydrazone groups is 1. The van der Waals surface area contributed by atoms with E-state index < -0.39 is 22.8 Å². The Labute approximate surface area is 144 Å². The third-order valence-electron chi connectivity index (χ3n) is 2.93. The Morgan fingerprint density at radius 2 is 1.96 bits per heavy atom. The molecule has 0 spiro atoms. The van der Waals surface area contributed by atoms with Crippen molar-refractivity contribution in [3.05, 3.63) is 48.5 Å². The maximum absolute atomic E-state index is 11.0. The van der Waals surface area contributed by atoms with Gasteiger partial charge in [-0.15, -0.1) is 5.10 Å². The number of carbonyl (C=O) groups is 1. The van der Waals surface area contributed by atoms with E-state index in [1.165, 1.54) is 18.3 Å². The lowest BCUT2D eigenvalue weighted by Crippen LogP contribution is -2.17. The first kappa shape index (κ1) is 18.0. The summed E-state index contributed by atoms with van der Waals surface area (Å²) in [6.45, 7) is 3.20. The number of nitrogens with zero attached hydrogens (tertiary/aromatic N) is 3. The molecule has 0 fully saturated rings. The van der Waals surface area contributed by atoms with Crippen LogP contribution in [0.3, 0.4) is 0 Å². The molecule has 1 heterocycles. The van der Waals surface area contributed by atoms with Crippen molar-refractivity contribution in [2.24, 2.45) is 10.9 Å². The molecule has 1 unspecified atom stereocenters. The van der Waals surface area contributed by atoms with Crippen molar-refractivity contribution in [1.82, 2.24) is 9.97 Å². The van der Waals surface area contributed by atoms with E-state index in [0.29, 0.717) is 11.3 Å². The molecule has 2 rings (SSSR count). The standard InChI is InChI=1S/C14H13N5O5S/c1-7(14(20)21)24-13(19-16)11-12(15)17-6-10(18-11)8-2-4-9(5-3-8)25(22)23/h2-6H,1,16H2,(H2,15,17)(H,20,21)(H,22,23)/b19-13-. The number of aromatic nitrogens is 2. The molecule has 1 atom stereocenters. The fourth-order valence-electron chi connectivity index (χ4n) is 1.73. The van der Waals surface area contributed by atoms with E-state index in [1.807, 2.05) is 0 Å². The average molecular weight is 363 g/mol. The van der Waals surface area contributed by atoms with Gasteiger partial charge in [0.2, 0.25) is 5.76 Å². The Kier molecular flexibility index (Phi) is 5.41. The van der Waals surface area contributed by atoms with Crippen LogP contribution in [0.25, 0.3) is 11.3 Å². The third-order valence-corrected chi connectivity index (χ3v) is 3.61. The van der Waals surface area contributed by atoms with Crippen LogP contribution in [0.2, 0.25) is 0 Å². The molecule has 2 aromatic rings. The van der Waals surface area contributed by atoms with E-state index in [2.05, 4.69) is 21.6 Å². The summed E-state index contributed by atoms with van der Waals surface area (Å²) in [4.78, 5) is 19.2. The second-order valence-electron chi connectivity index (χ2n) is 4.53. The SMILES string of the molecule is C=C(O/C(=N\N)c1nc(-c2ccc(S(=O)O)cc2)cnc1N)C(=O)O. The Bertz CT molecular complexity index is 882. The zero-order valence-electron chi connectivity index (χ0n) is 12.6. The third kappa shape index (κ3) is 4.16. The summed E-state index contributed by atoms with van der Waals surface area (Å²) in [5, 5.41) is 12.1. The fourth-order valence-corrected chi connectivity index (χ4v) is 2.10. The summed E-state index contributed by atoms with van der Waals surface area (Å²) in [6, 6.07) is 6.02. The largest absolute Gasteiger partial charge is 0.475 e. The highest BCUT2D eigenvalue weighted by molar-refractivity contribution is 7.79. The number of aliphatic carboxylic acids is 1. The van der Waals surface area contributed by atoms with Crippen LogP contribution >= 0.6 is 0 Å². The second-order valence-corrected chi connectivity index (χ2v) is 5.50. The van der Waals surface area contributed by atoms with Crippen molar-refractivity contribution < 1.29 is 23.4 Å². The van der Waals surface area contributed by atoms with Gasteiger partial charge in [0, 0.05) is 5.56 Å². The first-order valence-electron chi connectivity index (χ1n) is 6.55. The molecular weight excluding hydrogens is 350 g/mol. The molecule has 11 heteroatoms. The van der Waals surface area contributed by atoms with Crippen LogP contribution in [0.4, 0.5) is 5.82 Å². The molecule has 0 saturated carbocycles. The minimum Gasteiger partial charge on any atom is -0.475 e. The van der Waals surface area contributed by atoms with E-state index in [-0.39, 0.29) is 22.3 Å². The molecule has 0 aliphatic rings. The quantitative estimate of drug-likeness (QED) is 0.112. The highest BCUT2D eigenvalue weighted by Crippen LogP contribution is 2.21. The number of carboxylic acid groups (broad SMARTS) is 1. The van der Waals surface area contributed by atoms with Crippen molar-refractivity contribution in [1.29, 1.82) is 0 Å². The number of hydrogen-bond donors (Lipinski definition) is 4. The zero-order chi connectivity index (χ0) is 18.6. The van der Waals surface area contributed by atoms with Crippen molar-refractivity contribution in [2.75, 3.05) is 5.73 Å². The van der Waals surface area contributed by atoms with Gasteiger partial charge in [-0.25, -0.2) is 19.0 Å². The van der Waals surface area contributed by atoms with Crippen molar-refractivity contribution >= 4 is 28.8 Å². The van der Waals surface area contributed by atoms with Crippen LogP contribution in [0.15, 0.2) is 52.8 Å². The highest BCUT2D eigenvalue weighted by Gasteiger charge is 2.18. The molecule has 0 saturated heterocycles. The Morgan fingerprint density at radius 3 is 2.48 bits per heavy atom. The minimum absolute atomic E-state index is 0.0720. The van der Waals surface area contributed by atoms with Gasteiger partial charge >= 0.3 is 5.97 Å². The number of ether oxygens (including phenoxy) is 1. The summed E-state index contributed by atoms with van der Waals surface area (Å²) in [5.41, 5.74) is 6.55. The van der Waals surface area contributed by atoms with Gasteiger partial charge in [0.05, 0.1) is 16.8 Å². The Hall–Kier alpha value is -3.31. The average Bonchev–Trinajstić information content (AvgIpc) is 2.60. The van der Waals surface area contributed by atoms with E-state index in [9.17, 15) is 9.00 Å². The molecule has 6 N–H and O–H groups in total. The number of hydrogen-bond acceptors (Lipinski definition) is 8. The molecule has 25 heavy (non-hydrogen) atoms. The highest BCUT2D eigenvalue weighted by atomic mass is 32.2. The summed E-state index contributed by atoms with van der Waals surface area (Å²) in [5.74, 6) is 2.73. The van der Waals surface area contributed by atoms with Gasteiger partial charge in [-0.05, 0) is 18.7 Å². The molecule has 10 nitrogen and oxygen atoms in total. The van der Waals surface area contributed by atoms with Crippen LogP contribution in [0.1, 0.15) is 5.69 Å². The first-order valence-corrected chi connectivity index (χ1v) is 7.66. The van der Waals surface area contributed by atoms with E-state index in [1.54, 1.807) is 12.1 Å². The van der Waals surface area contributed by atoms with Gasteiger partial charge in [-0.3, -0.25) is 0 Å². The van der Waals surface area contributed by atoms with E-state index in [0.717, 1.165) is 0 Å². The molecule has 0 aliphatic carbocycles. The molecular formula is C14H13N5O5S. The smallest absolute Gasteiger partial charge is 0.371 e. The molecule has 1 aromatic carbocycles. The normalized spacial score (nSPS) is 12.4. The van der Waals surface area contributed by atoms with Crippen LogP contribution in [-0.2, 0) is 20.6 Å². The van der Waals surface area contributed by atoms with Crippen LogP contribution in [0.5, 0.6) is 0 Å². The molecule has 0 radical (unpaired) electrons. The van der Waals surface area contributed by atoms with Gasteiger partial charge in [0.25, 0.3) is 5.90 Å². The number of nitrogen functional groups attached to an aromatic ring is 1. The summed E-state index contributed by atoms with van der Waals surface area (Å²) in [7, 11) is 0. The molecule has 0 aliphatic heterocycles. The van der Waals surface area contributed by atoms with Gasteiger partial charge in [0.1, 0.15) is 0 Å². The van der Waals surface area contributed by atoms with Crippen molar-refractivity contribution in [3.63, 3.8) is 0 Å². The number of rotatable bonds is 5. The molecule has 130 valence electrons. The van der Waals surface area contributed by atoms with Crippen molar-refractivity contribution in [2.45, 2.75) is 4.90 Å². The fraction of sp³-hybridized carbons (Fsp3) is 0. The summed E-state index contributed by atoms with van der Waals surface area (Å²) in [6.07, 6.45) is 1.36. The van der Waals surface area contributed by atoms with Gasteiger partial charge in [0.15, 0.2) is 22.6 Å². The van der Waals surface area contributed by atoms with Crippen LogP contribution < -0.4 is 11.6 Å². The van der Waals surface area contributed by atoms with Crippen LogP contribution in [-0.4, -0.2) is 35.7 Å². The molecule has 0 amide bonds. The van der Waals surface area contributed by atoms with Gasteiger partial charge in [-0.1, -0.05) is 12.1 Å². The zero-order valence-corrected chi connectivity index (χ0v) is 13.4. The monoisotopic (exact) mass is 363 g/mol. The second kappa shape index (κ2) is 7.51. The van der Waals surface area contributed by atoms with E-state index >= 15 is 0 Å². The van der Waals surface area contributed by atoms with Crippen molar-refractivity contribution in [3.8, 4) is 11.3 Å². The number of anilines is 1. The predicted octanol–water partition coefficient (Wildman–Crippen LogP) is 0.542. The maximum Gasteiger partial charge on any atom is 0.371 e. The maximum atomic E-state index is 11.0. The van der Waals surface area contributed by atoms with Gasteiger partial charge < -0.3 is 26.0 Å². The Morgan fingerprint density at radius 1 is 1.32 bits per heavy atom. The number of benzene rings is 1. The van der Waals surface area contributed by atoms with Crippen LogP contribution in [0, 0.1) is 0 Å². The molecule has 1 aromatic heterocycles. The predicted molar refractivity (Wildman–Crippen MR) is 89.5 cm³/mol. The lowest BCUT2D eigenvalue weighted by atomic mass is 10.1. The molecule has 0 bridgehead atoms. The number of carboxylic acids is 1. The minimum atomic E-state index is -2.10. The first-order chi connectivity index (χ1) is 11.8. The lowest BCUT2D eigenvalue weighted by molar-refractivity contribution is -0.135. The lowest BCUT2D eigenvalue weighted by Gasteiger charge is -2.10. The number of nitrogens with two attached hydrogens (primary N) is 2.